The van der Waals surface area contributed by atoms with Crippen LogP contribution in [0.5, 0.6) is 5.75 Å². The van der Waals surface area contributed by atoms with Crippen molar-refractivity contribution in [3.63, 3.8) is 0 Å². The zero-order chi connectivity index (χ0) is 39.6. The first-order valence-electron chi connectivity index (χ1n) is 20.4. The van der Waals surface area contributed by atoms with Gasteiger partial charge in [0.1, 0.15) is 16.9 Å². The molecule has 284 valence electrons. The van der Waals surface area contributed by atoms with Gasteiger partial charge < -0.3 is 23.9 Å². The molecule has 0 saturated carbocycles. The highest BCUT2D eigenvalue weighted by atomic mass is 16.5. The van der Waals surface area contributed by atoms with Crippen LogP contribution in [-0.4, -0.2) is 4.57 Å². The van der Waals surface area contributed by atoms with Crippen LogP contribution in [0.4, 0.5) is 22.7 Å². The van der Waals surface area contributed by atoms with Crippen molar-refractivity contribution in [1.29, 1.82) is 0 Å². The third-order valence-electron chi connectivity index (χ3n) is 11.8. The molecule has 5 nitrogen and oxygen atoms in total. The first kappa shape index (κ1) is 34.1. The second-order valence-corrected chi connectivity index (χ2v) is 15.3. The average Bonchev–Trinajstić information content (AvgIpc) is 4.03. The number of furan rings is 1. The molecule has 0 amide bonds. The van der Waals surface area contributed by atoms with Crippen LogP contribution in [0.2, 0.25) is 0 Å². The SMILES string of the molecule is c1ccc(-c2ccc(N(c3ccc(-c4cc5c(c6c4oc4ccccc46)NC(c4ccccc4)O5)cc3)c3cccc4c3c3ccccc3n4-c3ccccc3)cc2)cc1. The van der Waals surface area contributed by atoms with E-state index in [2.05, 4.69) is 197 Å². The lowest BCUT2D eigenvalue weighted by Crippen LogP contribution is -2.10. The monoisotopic (exact) mass is 771 g/mol. The summed E-state index contributed by atoms with van der Waals surface area (Å²) in [7, 11) is 0. The zero-order valence-electron chi connectivity index (χ0n) is 32.5. The normalized spacial score (nSPS) is 13.4. The lowest BCUT2D eigenvalue weighted by atomic mass is 9.99. The van der Waals surface area contributed by atoms with Crippen molar-refractivity contribution in [3.8, 4) is 33.7 Å². The summed E-state index contributed by atoms with van der Waals surface area (Å²) in [6, 6.07) is 75.0. The Kier molecular flexibility index (Phi) is 7.85. The second kappa shape index (κ2) is 13.8. The fourth-order valence-electron chi connectivity index (χ4n) is 9.09. The molecule has 11 aromatic rings. The van der Waals surface area contributed by atoms with Crippen LogP contribution in [-0.2, 0) is 0 Å². The number of rotatable bonds is 7. The van der Waals surface area contributed by atoms with Crippen LogP contribution in [0.25, 0.3) is 71.7 Å². The number of ether oxygens (including phenoxy) is 1. The standard InChI is InChI=1S/C55H37N3O2/c1-4-15-36(16-5-1)37-27-31-41(32-28-37)57(47-24-14-25-48-51(47)43-21-10-12-23-46(43)58(48)40-19-8-3-9-20-40)42-33-29-38(30-34-42)45-35-50-53(56-55(60-50)39-17-6-2-7-18-39)52-44-22-11-13-26-49(44)59-54(45)52/h1-35,55-56H. The molecule has 0 radical (unpaired) electrons. The highest BCUT2D eigenvalue weighted by Gasteiger charge is 2.30. The number of nitrogens with one attached hydrogen (secondary N) is 1. The minimum absolute atomic E-state index is 0.298. The van der Waals surface area contributed by atoms with Crippen molar-refractivity contribution in [2.75, 3.05) is 10.2 Å². The molecule has 12 rings (SSSR count). The maximum Gasteiger partial charge on any atom is 0.196 e. The first-order valence-corrected chi connectivity index (χ1v) is 20.4. The molecule has 2 aromatic heterocycles. The Labute approximate surface area is 346 Å². The van der Waals surface area contributed by atoms with Gasteiger partial charge in [-0.2, -0.15) is 0 Å². The Hall–Kier alpha value is -8.02. The summed E-state index contributed by atoms with van der Waals surface area (Å²) in [4.78, 5) is 2.39. The maximum absolute atomic E-state index is 6.69. The molecule has 0 fully saturated rings. The van der Waals surface area contributed by atoms with Crippen molar-refractivity contribution in [2.24, 2.45) is 0 Å². The van der Waals surface area contributed by atoms with E-state index in [4.69, 9.17) is 9.15 Å². The van der Waals surface area contributed by atoms with E-state index in [1.165, 1.54) is 27.4 Å². The summed E-state index contributed by atoms with van der Waals surface area (Å²) >= 11 is 0. The fraction of sp³-hybridized carbons (Fsp3) is 0.0182. The average molecular weight is 772 g/mol. The van der Waals surface area contributed by atoms with Gasteiger partial charge in [0.15, 0.2) is 6.23 Å². The highest BCUT2D eigenvalue weighted by molar-refractivity contribution is 6.18. The van der Waals surface area contributed by atoms with E-state index < -0.39 is 0 Å². The summed E-state index contributed by atoms with van der Waals surface area (Å²) in [6.45, 7) is 0. The predicted molar refractivity (Wildman–Crippen MR) is 247 cm³/mol. The van der Waals surface area contributed by atoms with Crippen molar-refractivity contribution >= 4 is 66.5 Å². The van der Waals surface area contributed by atoms with Crippen LogP contribution in [0, 0.1) is 0 Å². The van der Waals surface area contributed by atoms with Crippen LogP contribution < -0.4 is 15.0 Å². The Balaban J connectivity index is 1.03. The number of anilines is 4. The van der Waals surface area contributed by atoms with Crippen molar-refractivity contribution < 1.29 is 9.15 Å². The largest absolute Gasteiger partial charge is 0.464 e. The number of hydrogen-bond acceptors (Lipinski definition) is 4. The predicted octanol–water partition coefficient (Wildman–Crippen LogP) is 15.0. The van der Waals surface area contributed by atoms with Crippen molar-refractivity contribution in [2.45, 2.75) is 6.23 Å². The van der Waals surface area contributed by atoms with Gasteiger partial charge in [-0.3, -0.25) is 0 Å². The van der Waals surface area contributed by atoms with E-state index in [1.54, 1.807) is 0 Å². The van der Waals surface area contributed by atoms with E-state index in [1.807, 2.05) is 30.3 Å². The van der Waals surface area contributed by atoms with Gasteiger partial charge in [0.25, 0.3) is 0 Å². The molecular formula is C55H37N3O2. The van der Waals surface area contributed by atoms with Gasteiger partial charge >= 0.3 is 0 Å². The molecule has 0 bridgehead atoms. The van der Waals surface area contributed by atoms with E-state index in [-0.39, 0.29) is 6.23 Å². The third-order valence-corrected chi connectivity index (χ3v) is 11.8. The minimum Gasteiger partial charge on any atom is -0.464 e. The van der Waals surface area contributed by atoms with Crippen LogP contribution in [0.15, 0.2) is 217 Å². The van der Waals surface area contributed by atoms with Gasteiger partial charge in [-0.05, 0) is 83.4 Å². The molecule has 1 atom stereocenters. The second-order valence-electron chi connectivity index (χ2n) is 15.3. The smallest absolute Gasteiger partial charge is 0.196 e. The quantitative estimate of drug-likeness (QED) is 0.175. The summed E-state index contributed by atoms with van der Waals surface area (Å²) < 4.78 is 15.7. The molecule has 1 aliphatic rings. The zero-order valence-corrected chi connectivity index (χ0v) is 32.5. The lowest BCUT2D eigenvalue weighted by molar-refractivity contribution is 0.260. The molecule has 0 saturated heterocycles. The number of fused-ring (bicyclic) bond motifs is 8. The van der Waals surface area contributed by atoms with E-state index in [0.29, 0.717) is 0 Å². The summed E-state index contributed by atoms with van der Waals surface area (Å²) in [5.74, 6) is 0.809. The Morgan fingerprint density at radius 2 is 1.08 bits per heavy atom. The highest BCUT2D eigenvalue weighted by Crippen LogP contribution is 2.51. The van der Waals surface area contributed by atoms with Gasteiger partial charge in [-0.1, -0.05) is 146 Å². The topological polar surface area (TPSA) is 42.6 Å². The van der Waals surface area contributed by atoms with Crippen LogP contribution in [0.3, 0.4) is 0 Å². The first-order chi connectivity index (χ1) is 29.8. The Morgan fingerprint density at radius 1 is 0.483 bits per heavy atom. The summed E-state index contributed by atoms with van der Waals surface area (Å²) in [5, 5.41) is 8.14. The third kappa shape index (κ3) is 5.48. The number of nitrogens with zero attached hydrogens (tertiary/aromatic N) is 2. The van der Waals surface area contributed by atoms with Crippen molar-refractivity contribution in [3.05, 3.63) is 218 Å². The molecule has 60 heavy (non-hydrogen) atoms. The van der Waals surface area contributed by atoms with Crippen LogP contribution in [0.1, 0.15) is 11.8 Å². The molecule has 1 aliphatic heterocycles. The Morgan fingerprint density at radius 3 is 1.83 bits per heavy atom. The van der Waals surface area contributed by atoms with E-state index >= 15 is 0 Å². The number of para-hydroxylation sites is 3. The maximum atomic E-state index is 6.69. The molecular weight excluding hydrogens is 735 g/mol. The van der Waals surface area contributed by atoms with Crippen molar-refractivity contribution in [1.82, 2.24) is 4.57 Å². The summed E-state index contributed by atoms with van der Waals surface area (Å²) in [5.41, 5.74) is 14.7. The number of aromatic nitrogens is 1. The van der Waals surface area contributed by atoms with Gasteiger partial charge in [0, 0.05) is 44.3 Å². The minimum atomic E-state index is -0.298. The molecule has 9 aromatic carbocycles. The number of benzene rings is 9. The number of hydrogen-bond donors (Lipinski definition) is 1. The molecule has 1 unspecified atom stereocenters. The lowest BCUT2D eigenvalue weighted by Gasteiger charge is -2.27. The molecule has 1 N–H and O–H groups in total. The Bertz CT molecular complexity index is 3350. The van der Waals surface area contributed by atoms with E-state index in [0.717, 1.165) is 78.3 Å². The van der Waals surface area contributed by atoms with E-state index in [9.17, 15) is 0 Å². The molecule has 3 heterocycles. The van der Waals surface area contributed by atoms with Gasteiger partial charge in [0.05, 0.1) is 27.8 Å². The summed E-state index contributed by atoms with van der Waals surface area (Å²) in [6.07, 6.45) is -0.298. The van der Waals surface area contributed by atoms with Gasteiger partial charge in [0.2, 0.25) is 0 Å². The van der Waals surface area contributed by atoms with Crippen LogP contribution >= 0.6 is 0 Å². The molecule has 5 heteroatoms. The fourth-order valence-corrected chi connectivity index (χ4v) is 9.09. The molecule has 0 spiro atoms. The van der Waals surface area contributed by atoms with Gasteiger partial charge in [-0.15, -0.1) is 0 Å². The van der Waals surface area contributed by atoms with Gasteiger partial charge in [-0.25, -0.2) is 0 Å². The molecule has 0 aliphatic carbocycles.